The van der Waals surface area contributed by atoms with E-state index in [-0.39, 0.29) is 6.09 Å². The number of rotatable bonds is 1. The minimum absolute atomic E-state index is 0.150. The van der Waals surface area contributed by atoms with Crippen molar-refractivity contribution in [2.24, 2.45) is 0 Å². The van der Waals surface area contributed by atoms with E-state index >= 15 is 0 Å². The number of carbonyl (C=O) groups excluding carboxylic acids is 1. The molecule has 2 aliphatic rings. The van der Waals surface area contributed by atoms with Crippen molar-refractivity contribution >= 4 is 6.09 Å². The molecule has 0 bridgehead atoms. The van der Waals surface area contributed by atoms with Crippen molar-refractivity contribution in [3.63, 3.8) is 0 Å². The second-order valence-electron chi connectivity index (χ2n) is 7.28. The average molecular weight is 282 g/mol. The molecule has 2 rings (SSSR count). The van der Waals surface area contributed by atoms with Gasteiger partial charge in [-0.2, -0.15) is 0 Å². The van der Waals surface area contributed by atoms with Crippen LogP contribution in [0, 0.1) is 0 Å². The summed E-state index contributed by atoms with van der Waals surface area (Å²) in [7, 11) is 0. The van der Waals surface area contributed by atoms with Crippen LogP contribution < -0.4 is 0 Å². The van der Waals surface area contributed by atoms with Gasteiger partial charge < -0.3 is 9.64 Å². The zero-order valence-corrected chi connectivity index (χ0v) is 13.5. The fourth-order valence-corrected chi connectivity index (χ4v) is 3.37. The Morgan fingerprint density at radius 3 is 2.25 bits per heavy atom. The number of nitrogens with zero attached hydrogens (tertiary/aromatic N) is 2. The van der Waals surface area contributed by atoms with Crippen LogP contribution in [0.3, 0.4) is 0 Å². The van der Waals surface area contributed by atoms with Gasteiger partial charge in [0.15, 0.2) is 0 Å². The van der Waals surface area contributed by atoms with Crippen LogP contribution >= 0.6 is 0 Å². The second kappa shape index (κ2) is 6.33. The molecule has 1 amide bonds. The van der Waals surface area contributed by atoms with Gasteiger partial charge in [0, 0.05) is 25.2 Å². The van der Waals surface area contributed by atoms with Gasteiger partial charge in [-0.05, 0) is 59.9 Å². The summed E-state index contributed by atoms with van der Waals surface area (Å²) in [4.78, 5) is 16.6. The number of ether oxygens (including phenoxy) is 1. The average Bonchev–Trinajstić information content (AvgIpc) is 2.37. The molecule has 2 saturated heterocycles. The van der Waals surface area contributed by atoms with Crippen LogP contribution in [0.5, 0.6) is 0 Å². The first-order chi connectivity index (χ1) is 9.37. The number of amides is 1. The Balaban J connectivity index is 1.81. The Morgan fingerprint density at radius 2 is 1.70 bits per heavy atom. The Bertz CT molecular complexity index is 330. The molecule has 0 aromatic carbocycles. The zero-order chi connectivity index (χ0) is 14.8. The van der Waals surface area contributed by atoms with E-state index in [1.807, 2.05) is 25.7 Å². The quantitative estimate of drug-likeness (QED) is 0.740. The van der Waals surface area contributed by atoms with E-state index in [2.05, 4.69) is 11.8 Å². The number of carbonyl (C=O) groups is 1. The summed E-state index contributed by atoms with van der Waals surface area (Å²) in [5.41, 5.74) is -0.394. The minimum Gasteiger partial charge on any atom is -0.444 e. The van der Waals surface area contributed by atoms with E-state index in [1.54, 1.807) is 0 Å². The van der Waals surface area contributed by atoms with Crippen LogP contribution in [0.1, 0.15) is 59.8 Å². The highest BCUT2D eigenvalue weighted by Gasteiger charge is 2.31. The molecular weight excluding hydrogens is 252 g/mol. The van der Waals surface area contributed by atoms with Gasteiger partial charge in [-0.3, -0.25) is 4.90 Å². The van der Waals surface area contributed by atoms with Crippen molar-refractivity contribution < 1.29 is 9.53 Å². The number of hydrogen-bond donors (Lipinski definition) is 0. The molecule has 2 fully saturated rings. The van der Waals surface area contributed by atoms with Crippen molar-refractivity contribution in [1.82, 2.24) is 9.80 Å². The number of hydrogen-bond acceptors (Lipinski definition) is 3. The molecule has 4 nitrogen and oxygen atoms in total. The monoisotopic (exact) mass is 282 g/mol. The Morgan fingerprint density at radius 1 is 1.05 bits per heavy atom. The maximum atomic E-state index is 12.1. The van der Waals surface area contributed by atoms with Crippen LogP contribution in [0.15, 0.2) is 0 Å². The fraction of sp³-hybridized carbons (Fsp3) is 0.938. The molecule has 0 aromatic heterocycles. The molecule has 1 atom stereocenters. The van der Waals surface area contributed by atoms with Gasteiger partial charge in [0.1, 0.15) is 5.60 Å². The fourth-order valence-electron chi connectivity index (χ4n) is 3.37. The maximum Gasteiger partial charge on any atom is 0.410 e. The lowest BCUT2D eigenvalue weighted by Crippen LogP contribution is -2.51. The normalized spacial score (nSPS) is 26.6. The molecule has 0 aromatic rings. The minimum atomic E-state index is -0.394. The highest BCUT2D eigenvalue weighted by molar-refractivity contribution is 5.68. The molecule has 0 N–H and O–H groups in total. The first kappa shape index (κ1) is 15.6. The highest BCUT2D eigenvalue weighted by Crippen LogP contribution is 2.25. The van der Waals surface area contributed by atoms with Crippen LogP contribution in [0.4, 0.5) is 4.79 Å². The first-order valence-corrected chi connectivity index (χ1v) is 8.10. The smallest absolute Gasteiger partial charge is 0.410 e. The van der Waals surface area contributed by atoms with E-state index in [0.717, 1.165) is 25.9 Å². The Kier molecular flexibility index (Phi) is 4.95. The summed E-state index contributed by atoms with van der Waals surface area (Å²) in [6.07, 6.45) is 6.05. The predicted molar refractivity (Wildman–Crippen MR) is 80.8 cm³/mol. The van der Waals surface area contributed by atoms with Gasteiger partial charge in [-0.1, -0.05) is 6.42 Å². The Labute approximate surface area is 123 Å². The summed E-state index contributed by atoms with van der Waals surface area (Å²) in [6.45, 7) is 11.0. The van der Waals surface area contributed by atoms with Gasteiger partial charge >= 0.3 is 6.09 Å². The molecule has 0 saturated carbocycles. The summed E-state index contributed by atoms with van der Waals surface area (Å²) in [6, 6.07) is 1.37. The topological polar surface area (TPSA) is 32.8 Å². The molecule has 0 radical (unpaired) electrons. The van der Waals surface area contributed by atoms with E-state index < -0.39 is 5.60 Å². The number of likely N-dealkylation sites (tertiary alicyclic amines) is 2. The van der Waals surface area contributed by atoms with E-state index in [4.69, 9.17) is 4.74 Å². The molecule has 116 valence electrons. The third-order valence-corrected chi connectivity index (χ3v) is 4.44. The molecule has 20 heavy (non-hydrogen) atoms. The van der Waals surface area contributed by atoms with E-state index in [1.165, 1.54) is 25.8 Å². The standard InChI is InChI=1S/C16H30N2O2/c1-13-7-5-6-10-18(13)14-8-11-17(12-9-14)15(19)20-16(2,3)4/h13-14H,5-12H2,1-4H3/t13-/m0/s1. The third-order valence-electron chi connectivity index (χ3n) is 4.44. The van der Waals surface area contributed by atoms with Gasteiger partial charge in [0.25, 0.3) is 0 Å². The van der Waals surface area contributed by atoms with Crippen LogP contribution in [0.25, 0.3) is 0 Å². The molecule has 0 unspecified atom stereocenters. The lowest BCUT2D eigenvalue weighted by atomic mass is 9.96. The van der Waals surface area contributed by atoms with E-state index in [9.17, 15) is 4.79 Å². The summed E-state index contributed by atoms with van der Waals surface area (Å²) in [5, 5.41) is 0. The molecule has 0 spiro atoms. The van der Waals surface area contributed by atoms with Gasteiger partial charge in [-0.15, -0.1) is 0 Å². The van der Waals surface area contributed by atoms with Crippen LogP contribution in [0.2, 0.25) is 0 Å². The molecular formula is C16H30N2O2. The predicted octanol–water partition coefficient (Wildman–Crippen LogP) is 3.26. The highest BCUT2D eigenvalue weighted by atomic mass is 16.6. The maximum absolute atomic E-state index is 12.1. The second-order valence-corrected chi connectivity index (χ2v) is 7.28. The van der Waals surface area contributed by atoms with Gasteiger partial charge in [-0.25, -0.2) is 4.79 Å². The van der Waals surface area contributed by atoms with Crippen LogP contribution in [-0.2, 0) is 4.74 Å². The lowest BCUT2D eigenvalue weighted by Gasteiger charge is -2.43. The van der Waals surface area contributed by atoms with Crippen molar-refractivity contribution in [3.05, 3.63) is 0 Å². The lowest BCUT2D eigenvalue weighted by molar-refractivity contribution is 0.00854. The van der Waals surface area contributed by atoms with Crippen molar-refractivity contribution in [1.29, 1.82) is 0 Å². The summed E-state index contributed by atoms with van der Waals surface area (Å²) in [5.74, 6) is 0. The molecule has 2 heterocycles. The van der Waals surface area contributed by atoms with Gasteiger partial charge in [0.2, 0.25) is 0 Å². The summed E-state index contributed by atoms with van der Waals surface area (Å²) < 4.78 is 5.45. The van der Waals surface area contributed by atoms with Crippen LogP contribution in [-0.4, -0.2) is 53.2 Å². The Hall–Kier alpha value is -0.770. The van der Waals surface area contributed by atoms with Crippen molar-refractivity contribution in [2.45, 2.75) is 77.5 Å². The first-order valence-electron chi connectivity index (χ1n) is 8.10. The molecule has 2 aliphatic heterocycles. The number of piperidine rings is 2. The van der Waals surface area contributed by atoms with Crippen molar-refractivity contribution in [2.75, 3.05) is 19.6 Å². The molecule has 4 heteroatoms. The third kappa shape index (κ3) is 4.11. The van der Waals surface area contributed by atoms with Crippen molar-refractivity contribution in [3.8, 4) is 0 Å². The van der Waals surface area contributed by atoms with E-state index in [0.29, 0.717) is 12.1 Å². The summed E-state index contributed by atoms with van der Waals surface area (Å²) >= 11 is 0. The largest absolute Gasteiger partial charge is 0.444 e. The SMILES string of the molecule is C[C@H]1CCCCN1C1CCN(C(=O)OC(C)(C)C)CC1. The molecule has 0 aliphatic carbocycles. The zero-order valence-electron chi connectivity index (χ0n) is 13.5. The van der Waals surface area contributed by atoms with Gasteiger partial charge in [0.05, 0.1) is 0 Å².